The van der Waals surface area contributed by atoms with Crippen LogP contribution in [0, 0.1) is 5.92 Å². The average molecular weight is 240 g/mol. The molecular formula is C14H28N2O. The van der Waals surface area contributed by atoms with Crippen molar-refractivity contribution in [2.45, 2.75) is 57.5 Å². The van der Waals surface area contributed by atoms with Gasteiger partial charge in [0.1, 0.15) is 0 Å². The van der Waals surface area contributed by atoms with E-state index in [0.717, 1.165) is 18.5 Å². The Balaban J connectivity index is 1.80. The number of aliphatic hydroxyl groups excluding tert-OH is 1. The van der Waals surface area contributed by atoms with Crippen molar-refractivity contribution in [2.24, 2.45) is 5.92 Å². The Kier molecular flexibility index (Phi) is 5.26. The Morgan fingerprint density at radius 1 is 1.29 bits per heavy atom. The van der Waals surface area contributed by atoms with Crippen LogP contribution in [0.3, 0.4) is 0 Å². The van der Waals surface area contributed by atoms with Crippen molar-refractivity contribution < 1.29 is 5.11 Å². The zero-order valence-electron chi connectivity index (χ0n) is 11.2. The third-order valence-electron chi connectivity index (χ3n) is 4.14. The number of nitrogens with zero attached hydrogens (tertiary/aromatic N) is 1. The van der Waals surface area contributed by atoms with E-state index in [-0.39, 0.29) is 6.61 Å². The topological polar surface area (TPSA) is 35.5 Å². The summed E-state index contributed by atoms with van der Waals surface area (Å²) in [5, 5.41) is 12.4. The molecule has 3 heteroatoms. The molecule has 0 aromatic rings. The number of piperidine rings is 1. The first-order valence-corrected chi connectivity index (χ1v) is 7.41. The van der Waals surface area contributed by atoms with E-state index in [2.05, 4.69) is 17.1 Å². The Morgan fingerprint density at radius 3 is 2.76 bits per heavy atom. The van der Waals surface area contributed by atoms with E-state index < -0.39 is 0 Å². The standard InChI is InChI=1S/C14H28N2O/c1-2-3-4-12-9-13(15-7-8-17)11-16(10-12)14-5-6-14/h12-15,17H,2-11H2,1H3. The Bertz CT molecular complexity index is 202. The lowest BCUT2D eigenvalue weighted by molar-refractivity contribution is 0.124. The molecule has 0 aromatic carbocycles. The Labute approximate surface area is 106 Å². The summed E-state index contributed by atoms with van der Waals surface area (Å²) < 4.78 is 0. The first-order valence-electron chi connectivity index (χ1n) is 7.41. The Hall–Kier alpha value is -0.120. The molecule has 0 aromatic heterocycles. The Morgan fingerprint density at radius 2 is 2.12 bits per heavy atom. The summed E-state index contributed by atoms with van der Waals surface area (Å²) >= 11 is 0. The molecule has 0 amide bonds. The summed E-state index contributed by atoms with van der Waals surface area (Å²) in [4.78, 5) is 2.69. The fourth-order valence-corrected chi connectivity index (χ4v) is 3.10. The average Bonchev–Trinajstić information content (AvgIpc) is 3.18. The van der Waals surface area contributed by atoms with Crippen LogP contribution in [0.25, 0.3) is 0 Å². The highest BCUT2D eigenvalue weighted by atomic mass is 16.3. The van der Waals surface area contributed by atoms with Gasteiger partial charge in [-0.25, -0.2) is 0 Å². The number of unbranched alkanes of at least 4 members (excludes halogenated alkanes) is 1. The van der Waals surface area contributed by atoms with Gasteiger partial charge in [0.15, 0.2) is 0 Å². The molecule has 2 fully saturated rings. The first kappa shape index (κ1) is 13.3. The number of hydrogen-bond acceptors (Lipinski definition) is 3. The quantitative estimate of drug-likeness (QED) is 0.710. The van der Waals surface area contributed by atoms with Crippen molar-refractivity contribution in [2.75, 3.05) is 26.2 Å². The second-order valence-corrected chi connectivity index (χ2v) is 5.80. The molecule has 100 valence electrons. The number of rotatable bonds is 7. The van der Waals surface area contributed by atoms with Crippen molar-refractivity contribution in [3.63, 3.8) is 0 Å². The summed E-state index contributed by atoms with van der Waals surface area (Å²) in [6, 6.07) is 1.50. The van der Waals surface area contributed by atoms with E-state index in [1.165, 1.54) is 51.6 Å². The maximum atomic E-state index is 8.92. The summed E-state index contributed by atoms with van der Waals surface area (Å²) in [7, 11) is 0. The predicted molar refractivity (Wildman–Crippen MR) is 71.1 cm³/mol. The third kappa shape index (κ3) is 4.23. The largest absolute Gasteiger partial charge is 0.395 e. The molecule has 3 nitrogen and oxygen atoms in total. The zero-order chi connectivity index (χ0) is 12.1. The molecule has 0 spiro atoms. The van der Waals surface area contributed by atoms with Gasteiger partial charge in [-0.3, -0.25) is 4.90 Å². The molecule has 1 heterocycles. The highest BCUT2D eigenvalue weighted by molar-refractivity contribution is 4.92. The molecular weight excluding hydrogens is 212 g/mol. The lowest BCUT2D eigenvalue weighted by atomic mass is 9.89. The minimum Gasteiger partial charge on any atom is -0.395 e. The SMILES string of the molecule is CCCCC1CC(NCCO)CN(C2CC2)C1. The van der Waals surface area contributed by atoms with E-state index in [4.69, 9.17) is 5.11 Å². The van der Waals surface area contributed by atoms with Crippen LogP contribution in [0.15, 0.2) is 0 Å². The molecule has 2 atom stereocenters. The third-order valence-corrected chi connectivity index (χ3v) is 4.14. The van der Waals surface area contributed by atoms with Gasteiger partial charge < -0.3 is 10.4 Å². The molecule has 0 radical (unpaired) electrons. The van der Waals surface area contributed by atoms with Crippen LogP contribution in [0.5, 0.6) is 0 Å². The summed E-state index contributed by atoms with van der Waals surface area (Å²) in [5.41, 5.74) is 0. The first-order chi connectivity index (χ1) is 8.33. The molecule has 17 heavy (non-hydrogen) atoms. The van der Waals surface area contributed by atoms with Gasteiger partial charge in [-0.05, 0) is 31.6 Å². The van der Waals surface area contributed by atoms with Crippen LogP contribution in [-0.2, 0) is 0 Å². The minimum atomic E-state index is 0.263. The summed E-state index contributed by atoms with van der Waals surface area (Å²) in [5.74, 6) is 0.875. The van der Waals surface area contributed by atoms with Gasteiger partial charge in [0.25, 0.3) is 0 Å². The zero-order valence-corrected chi connectivity index (χ0v) is 11.2. The fraction of sp³-hybridized carbons (Fsp3) is 1.00. The maximum Gasteiger partial charge on any atom is 0.0556 e. The monoisotopic (exact) mass is 240 g/mol. The van der Waals surface area contributed by atoms with E-state index >= 15 is 0 Å². The smallest absolute Gasteiger partial charge is 0.0556 e. The molecule has 2 unspecified atom stereocenters. The molecule has 2 rings (SSSR count). The van der Waals surface area contributed by atoms with Crippen molar-refractivity contribution in [3.05, 3.63) is 0 Å². The number of hydrogen-bond donors (Lipinski definition) is 2. The second-order valence-electron chi connectivity index (χ2n) is 5.80. The number of nitrogens with one attached hydrogen (secondary N) is 1. The number of aliphatic hydroxyl groups is 1. The molecule has 1 saturated heterocycles. The van der Waals surface area contributed by atoms with E-state index in [1.807, 2.05) is 0 Å². The predicted octanol–water partition coefficient (Wildman–Crippen LogP) is 1.61. The van der Waals surface area contributed by atoms with Crippen LogP contribution in [0.1, 0.15) is 45.4 Å². The molecule has 1 aliphatic heterocycles. The van der Waals surface area contributed by atoms with Crippen molar-refractivity contribution in [3.8, 4) is 0 Å². The normalized spacial score (nSPS) is 30.7. The van der Waals surface area contributed by atoms with Gasteiger partial charge in [0.2, 0.25) is 0 Å². The van der Waals surface area contributed by atoms with Crippen LogP contribution < -0.4 is 5.32 Å². The number of likely N-dealkylation sites (tertiary alicyclic amines) is 1. The molecule has 1 saturated carbocycles. The van der Waals surface area contributed by atoms with Crippen LogP contribution in [0.4, 0.5) is 0 Å². The highest BCUT2D eigenvalue weighted by Gasteiger charge is 2.35. The maximum absolute atomic E-state index is 8.92. The van der Waals surface area contributed by atoms with E-state index in [9.17, 15) is 0 Å². The molecule has 1 aliphatic carbocycles. The highest BCUT2D eigenvalue weighted by Crippen LogP contribution is 2.32. The van der Waals surface area contributed by atoms with Crippen LogP contribution in [0.2, 0.25) is 0 Å². The van der Waals surface area contributed by atoms with Gasteiger partial charge in [-0.2, -0.15) is 0 Å². The molecule has 2 N–H and O–H groups in total. The van der Waals surface area contributed by atoms with E-state index in [0.29, 0.717) is 6.04 Å². The van der Waals surface area contributed by atoms with Gasteiger partial charge in [0.05, 0.1) is 6.61 Å². The molecule has 0 bridgehead atoms. The van der Waals surface area contributed by atoms with Gasteiger partial charge in [-0.1, -0.05) is 19.8 Å². The van der Waals surface area contributed by atoms with Gasteiger partial charge >= 0.3 is 0 Å². The van der Waals surface area contributed by atoms with Crippen molar-refractivity contribution in [1.29, 1.82) is 0 Å². The van der Waals surface area contributed by atoms with E-state index in [1.54, 1.807) is 0 Å². The summed E-state index contributed by atoms with van der Waals surface area (Å²) in [6.07, 6.45) is 8.20. The minimum absolute atomic E-state index is 0.263. The van der Waals surface area contributed by atoms with Crippen molar-refractivity contribution >= 4 is 0 Å². The van der Waals surface area contributed by atoms with Gasteiger partial charge in [-0.15, -0.1) is 0 Å². The fourth-order valence-electron chi connectivity index (χ4n) is 3.10. The van der Waals surface area contributed by atoms with Crippen molar-refractivity contribution in [1.82, 2.24) is 10.2 Å². The lowest BCUT2D eigenvalue weighted by Crippen LogP contribution is -2.50. The van der Waals surface area contributed by atoms with Gasteiger partial charge in [0, 0.05) is 31.7 Å². The summed E-state index contributed by atoms with van der Waals surface area (Å²) in [6.45, 7) is 5.82. The van der Waals surface area contributed by atoms with Crippen LogP contribution >= 0.6 is 0 Å². The van der Waals surface area contributed by atoms with Crippen LogP contribution in [-0.4, -0.2) is 48.3 Å². The molecule has 2 aliphatic rings. The second kappa shape index (κ2) is 6.72. The lowest BCUT2D eigenvalue weighted by Gasteiger charge is -2.38.